The number of amides is 1. The molecule has 0 radical (unpaired) electrons. The van der Waals surface area contributed by atoms with Crippen LogP contribution >= 0.6 is 0 Å². The molecule has 1 aromatic rings. The Morgan fingerprint density at radius 1 is 1.31 bits per heavy atom. The summed E-state index contributed by atoms with van der Waals surface area (Å²) in [7, 11) is 0. The Hall–Kier alpha value is -2.03. The first kappa shape index (κ1) is 12.0. The van der Waals surface area contributed by atoms with Crippen molar-refractivity contribution in [2.45, 2.75) is 12.1 Å². The lowest BCUT2D eigenvalue weighted by atomic mass is 9.99. The highest BCUT2D eigenvalue weighted by Crippen LogP contribution is 2.30. The van der Waals surface area contributed by atoms with Crippen LogP contribution in [-0.4, -0.2) is 5.91 Å². The third-order valence-electron chi connectivity index (χ3n) is 1.98. The van der Waals surface area contributed by atoms with Gasteiger partial charge in [0.25, 0.3) is 0 Å². The average Bonchev–Trinajstić information content (AvgIpc) is 2.17. The van der Waals surface area contributed by atoms with Gasteiger partial charge in [-0.1, -0.05) is 12.1 Å². The topological polar surface area (TPSA) is 66.9 Å². The predicted molar refractivity (Wildman–Crippen MR) is 49.0 cm³/mol. The molecule has 0 aliphatic rings. The van der Waals surface area contributed by atoms with E-state index in [1.54, 1.807) is 6.07 Å². The van der Waals surface area contributed by atoms with E-state index in [2.05, 4.69) is 0 Å². The van der Waals surface area contributed by atoms with Gasteiger partial charge in [0.1, 0.15) is 5.92 Å². The molecule has 16 heavy (non-hydrogen) atoms. The summed E-state index contributed by atoms with van der Waals surface area (Å²) >= 11 is 0. The molecular formula is C10H7F3N2O. The quantitative estimate of drug-likeness (QED) is 0.838. The Bertz CT molecular complexity index is 431. The van der Waals surface area contributed by atoms with Crippen molar-refractivity contribution in [2.75, 3.05) is 0 Å². The van der Waals surface area contributed by atoms with Crippen molar-refractivity contribution < 1.29 is 18.0 Å². The monoisotopic (exact) mass is 228 g/mol. The lowest BCUT2D eigenvalue weighted by molar-refractivity contribution is -0.137. The van der Waals surface area contributed by atoms with Crippen LogP contribution in [0.2, 0.25) is 0 Å². The van der Waals surface area contributed by atoms with Crippen molar-refractivity contribution >= 4 is 5.91 Å². The molecule has 0 bridgehead atoms. The first-order valence-electron chi connectivity index (χ1n) is 4.22. The molecule has 0 aliphatic carbocycles. The van der Waals surface area contributed by atoms with E-state index in [-0.39, 0.29) is 5.56 Å². The molecule has 84 valence electrons. The first-order chi connectivity index (χ1) is 7.36. The minimum atomic E-state index is -4.44. The second-order valence-corrected chi connectivity index (χ2v) is 3.08. The summed E-state index contributed by atoms with van der Waals surface area (Å²) in [4.78, 5) is 10.8. The second kappa shape index (κ2) is 4.23. The lowest BCUT2D eigenvalue weighted by Gasteiger charge is -2.08. The number of nitriles is 1. The number of benzene rings is 1. The summed E-state index contributed by atoms with van der Waals surface area (Å²) in [5.74, 6) is -2.11. The number of carbonyl (C=O) groups is 1. The van der Waals surface area contributed by atoms with Crippen molar-refractivity contribution in [2.24, 2.45) is 5.73 Å². The van der Waals surface area contributed by atoms with E-state index in [0.717, 1.165) is 24.3 Å². The van der Waals surface area contributed by atoms with Gasteiger partial charge in [0.2, 0.25) is 5.91 Å². The van der Waals surface area contributed by atoms with Crippen LogP contribution in [0, 0.1) is 11.3 Å². The molecule has 0 spiro atoms. The number of primary amides is 1. The summed E-state index contributed by atoms with van der Waals surface area (Å²) in [6.07, 6.45) is -4.44. The fraction of sp³-hybridized carbons (Fsp3) is 0.200. The van der Waals surface area contributed by atoms with E-state index >= 15 is 0 Å². The Kier molecular flexibility index (Phi) is 3.18. The van der Waals surface area contributed by atoms with Gasteiger partial charge in [-0.05, 0) is 17.7 Å². The molecule has 6 heteroatoms. The van der Waals surface area contributed by atoms with Gasteiger partial charge in [-0.2, -0.15) is 18.4 Å². The van der Waals surface area contributed by atoms with Gasteiger partial charge in [0, 0.05) is 0 Å². The Labute approximate surface area is 89.3 Å². The molecule has 0 aromatic heterocycles. The number of hydrogen-bond donors (Lipinski definition) is 1. The number of nitrogens with two attached hydrogens (primary N) is 1. The number of halogens is 3. The average molecular weight is 228 g/mol. The molecular weight excluding hydrogens is 221 g/mol. The van der Waals surface area contributed by atoms with Crippen molar-refractivity contribution in [3.8, 4) is 6.07 Å². The maximum atomic E-state index is 12.2. The second-order valence-electron chi connectivity index (χ2n) is 3.08. The summed E-state index contributed by atoms with van der Waals surface area (Å²) in [5.41, 5.74) is 4.24. The molecule has 1 rings (SSSR count). The molecule has 1 atom stereocenters. The molecule has 0 fully saturated rings. The minimum absolute atomic E-state index is 0.156. The number of rotatable bonds is 2. The van der Waals surface area contributed by atoms with Crippen LogP contribution in [-0.2, 0) is 11.0 Å². The SMILES string of the molecule is N#CC(C(N)=O)c1ccc(C(F)(F)F)cc1. The number of nitrogens with zero attached hydrogens (tertiary/aromatic N) is 1. The zero-order valence-electron chi connectivity index (χ0n) is 7.95. The predicted octanol–water partition coefficient (Wildman–Crippen LogP) is 1.80. The highest BCUT2D eigenvalue weighted by molar-refractivity contribution is 5.84. The summed E-state index contributed by atoms with van der Waals surface area (Å²) in [6.45, 7) is 0. The Morgan fingerprint density at radius 2 is 1.81 bits per heavy atom. The van der Waals surface area contributed by atoms with Crippen LogP contribution in [0.1, 0.15) is 17.0 Å². The van der Waals surface area contributed by atoms with E-state index in [1.165, 1.54) is 0 Å². The van der Waals surface area contributed by atoms with E-state index in [0.29, 0.717) is 0 Å². The molecule has 1 aromatic carbocycles. The first-order valence-corrected chi connectivity index (χ1v) is 4.22. The highest BCUT2D eigenvalue weighted by atomic mass is 19.4. The molecule has 2 N–H and O–H groups in total. The summed E-state index contributed by atoms with van der Waals surface area (Å²) < 4.78 is 36.6. The lowest BCUT2D eigenvalue weighted by Crippen LogP contribution is -2.20. The fourth-order valence-electron chi connectivity index (χ4n) is 1.17. The van der Waals surface area contributed by atoms with E-state index < -0.39 is 23.6 Å². The zero-order chi connectivity index (χ0) is 12.3. The van der Waals surface area contributed by atoms with Crippen molar-refractivity contribution in [3.05, 3.63) is 35.4 Å². The Morgan fingerprint density at radius 3 is 2.12 bits per heavy atom. The van der Waals surface area contributed by atoms with Crippen molar-refractivity contribution in [3.63, 3.8) is 0 Å². The van der Waals surface area contributed by atoms with Crippen molar-refractivity contribution in [1.82, 2.24) is 0 Å². The maximum absolute atomic E-state index is 12.2. The highest BCUT2D eigenvalue weighted by Gasteiger charge is 2.30. The number of carbonyl (C=O) groups excluding carboxylic acids is 1. The molecule has 1 amide bonds. The maximum Gasteiger partial charge on any atom is 0.416 e. The smallest absolute Gasteiger partial charge is 0.368 e. The van der Waals surface area contributed by atoms with E-state index in [4.69, 9.17) is 11.0 Å². The third-order valence-corrected chi connectivity index (χ3v) is 1.98. The van der Waals surface area contributed by atoms with Gasteiger partial charge in [-0.3, -0.25) is 4.79 Å². The van der Waals surface area contributed by atoms with Crippen LogP contribution in [0.15, 0.2) is 24.3 Å². The number of alkyl halides is 3. The van der Waals surface area contributed by atoms with Crippen molar-refractivity contribution in [1.29, 1.82) is 5.26 Å². The molecule has 0 saturated carbocycles. The molecule has 0 aliphatic heterocycles. The van der Waals surface area contributed by atoms with Gasteiger partial charge < -0.3 is 5.73 Å². The summed E-state index contributed by atoms with van der Waals surface area (Å²) in [5, 5.41) is 8.61. The van der Waals surface area contributed by atoms with Crippen LogP contribution in [0.5, 0.6) is 0 Å². The fourth-order valence-corrected chi connectivity index (χ4v) is 1.17. The van der Waals surface area contributed by atoms with E-state index in [1.807, 2.05) is 0 Å². The standard InChI is InChI=1S/C10H7F3N2O/c11-10(12,13)7-3-1-6(2-4-7)8(5-14)9(15)16/h1-4,8H,(H2,15,16). The van der Waals surface area contributed by atoms with Gasteiger partial charge >= 0.3 is 6.18 Å². The Balaban J connectivity index is 3.04. The normalized spacial score (nSPS) is 12.9. The van der Waals surface area contributed by atoms with Gasteiger partial charge in [0.05, 0.1) is 11.6 Å². The van der Waals surface area contributed by atoms with E-state index in [9.17, 15) is 18.0 Å². The molecule has 0 heterocycles. The van der Waals surface area contributed by atoms with Gasteiger partial charge in [-0.15, -0.1) is 0 Å². The molecule has 3 nitrogen and oxygen atoms in total. The van der Waals surface area contributed by atoms with Crippen LogP contribution in [0.4, 0.5) is 13.2 Å². The largest absolute Gasteiger partial charge is 0.416 e. The van der Waals surface area contributed by atoms with Crippen LogP contribution in [0.3, 0.4) is 0 Å². The van der Waals surface area contributed by atoms with Gasteiger partial charge in [-0.25, -0.2) is 0 Å². The molecule has 1 unspecified atom stereocenters. The molecule has 0 saturated heterocycles. The number of hydrogen-bond acceptors (Lipinski definition) is 2. The van der Waals surface area contributed by atoms with Gasteiger partial charge in [0.15, 0.2) is 0 Å². The van der Waals surface area contributed by atoms with Crippen LogP contribution in [0.25, 0.3) is 0 Å². The van der Waals surface area contributed by atoms with Crippen LogP contribution < -0.4 is 5.73 Å². The zero-order valence-corrected chi connectivity index (χ0v) is 7.95. The third kappa shape index (κ3) is 2.51. The summed E-state index contributed by atoms with van der Waals surface area (Å²) in [6, 6.07) is 5.38. The minimum Gasteiger partial charge on any atom is -0.368 e.